The van der Waals surface area contributed by atoms with Gasteiger partial charge in [-0.25, -0.2) is 0 Å². The quantitative estimate of drug-likeness (QED) is 0.170. The highest BCUT2D eigenvalue weighted by Gasteiger charge is 2.38. The van der Waals surface area contributed by atoms with E-state index in [0.29, 0.717) is 0 Å². The Morgan fingerprint density at radius 3 is 1.77 bits per heavy atom. The molecule has 0 fully saturated rings. The van der Waals surface area contributed by atoms with Crippen LogP contribution in [0.4, 0.5) is 0 Å². The summed E-state index contributed by atoms with van der Waals surface area (Å²) in [6, 6.07) is 59.3. The van der Waals surface area contributed by atoms with Gasteiger partial charge in [0.2, 0.25) is 0 Å². The SMILES string of the molecule is CC1(C)CCC(C)(C)c2cc3c(cc21)c1c2c4c5ccccc5ccc4n(-c4ccccc4)c2ccc1n3-c1ccc(-c2cccc3sc4ccccc4c23)cc1. The zero-order chi connectivity index (χ0) is 38.2. The smallest absolute Gasteiger partial charge is 0.0549 e. The van der Waals surface area contributed by atoms with Crippen LogP contribution in [0.1, 0.15) is 51.7 Å². The standard InChI is InChI=1S/C54H42N2S/c1-53(2)29-30-54(3,4)42-32-46-40(31-41(42)53)51-44(56(46)36-24-21-34(22-25-36)37-18-12-20-48-49(37)39-17-10-11-19-47(39)57-48)27-28-45-52(51)50-38-16-9-8-13-33(38)23-26-43(50)55(45)35-14-6-5-7-15-35/h5-28,31-32H,29-30H2,1-4H3. The van der Waals surface area contributed by atoms with Crippen LogP contribution in [0.3, 0.4) is 0 Å². The van der Waals surface area contributed by atoms with Crippen molar-refractivity contribution >= 4 is 85.9 Å². The Morgan fingerprint density at radius 1 is 0.421 bits per heavy atom. The van der Waals surface area contributed by atoms with Gasteiger partial charge in [-0.15, -0.1) is 11.3 Å². The number of para-hydroxylation sites is 1. The first-order chi connectivity index (χ1) is 27.8. The van der Waals surface area contributed by atoms with Gasteiger partial charge in [-0.05, 0) is 123 Å². The normalized spacial score (nSPS) is 15.2. The van der Waals surface area contributed by atoms with Gasteiger partial charge in [0, 0.05) is 53.1 Å². The van der Waals surface area contributed by atoms with Gasteiger partial charge in [-0.1, -0.05) is 119 Å². The summed E-state index contributed by atoms with van der Waals surface area (Å²) in [6.45, 7) is 9.79. The molecule has 0 N–H and O–H groups in total. The van der Waals surface area contributed by atoms with Crippen LogP contribution in [0.15, 0.2) is 158 Å². The summed E-state index contributed by atoms with van der Waals surface area (Å²) in [6.07, 6.45) is 2.36. The molecular formula is C54H42N2S. The lowest BCUT2D eigenvalue weighted by Crippen LogP contribution is -2.33. The summed E-state index contributed by atoms with van der Waals surface area (Å²) in [5.74, 6) is 0. The molecule has 3 heterocycles. The van der Waals surface area contributed by atoms with E-state index in [1.54, 1.807) is 0 Å². The zero-order valence-corrected chi connectivity index (χ0v) is 33.5. The number of nitrogens with zero attached hydrogens (tertiary/aromatic N) is 2. The fourth-order valence-electron chi connectivity index (χ4n) is 10.4. The Labute approximate surface area is 336 Å². The van der Waals surface area contributed by atoms with Crippen LogP contribution in [0.2, 0.25) is 0 Å². The topological polar surface area (TPSA) is 9.86 Å². The number of thiophene rings is 1. The minimum atomic E-state index is 0.0839. The van der Waals surface area contributed by atoms with E-state index in [-0.39, 0.29) is 10.8 Å². The van der Waals surface area contributed by atoms with Crippen molar-refractivity contribution in [2.24, 2.45) is 0 Å². The zero-order valence-electron chi connectivity index (χ0n) is 32.7. The lowest BCUT2D eigenvalue weighted by atomic mass is 9.63. The van der Waals surface area contributed by atoms with Gasteiger partial charge in [0.1, 0.15) is 0 Å². The lowest BCUT2D eigenvalue weighted by molar-refractivity contribution is 0.332. The molecule has 0 amide bonds. The maximum Gasteiger partial charge on any atom is 0.0549 e. The van der Waals surface area contributed by atoms with E-state index >= 15 is 0 Å². The fourth-order valence-corrected chi connectivity index (χ4v) is 11.5. The molecule has 274 valence electrons. The molecule has 1 aliphatic rings. The first-order valence-corrected chi connectivity index (χ1v) is 21.1. The molecule has 2 nitrogen and oxygen atoms in total. The molecular weight excluding hydrogens is 709 g/mol. The summed E-state index contributed by atoms with van der Waals surface area (Å²) >= 11 is 1.88. The van der Waals surface area contributed by atoms with Crippen LogP contribution in [-0.4, -0.2) is 9.13 Å². The first-order valence-electron chi connectivity index (χ1n) is 20.3. The first kappa shape index (κ1) is 33.0. The van der Waals surface area contributed by atoms with Crippen molar-refractivity contribution < 1.29 is 0 Å². The maximum atomic E-state index is 2.59. The molecule has 11 aromatic rings. The predicted octanol–water partition coefficient (Wildman–Crippen LogP) is 15.4. The van der Waals surface area contributed by atoms with E-state index < -0.39 is 0 Å². The Bertz CT molecular complexity index is 3440. The summed E-state index contributed by atoms with van der Waals surface area (Å²) < 4.78 is 7.71. The fraction of sp³-hybridized carbons (Fsp3) is 0.148. The average Bonchev–Trinajstić information content (AvgIpc) is 3.90. The lowest BCUT2D eigenvalue weighted by Gasteiger charge is -2.42. The second-order valence-electron chi connectivity index (χ2n) is 17.5. The largest absolute Gasteiger partial charge is 0.309 e. The second-order valence-corrected chi connectivity index (χ2v) is 18.6. The molecule has 0 aliphatic heterocycles. The molecule has 57 heavy (non-hydrogen) atoms. The van der Waals surface area contributed by atoms with Crippen molar-refractivity contribution in [1.82, 2.24) is 9.13 Å². The van der Waals surface area contributed by atoms with Gasteiger partial charge in [0.15, 0.2) is 0 Å². The van der Waals surface area contributed by atoms with Gasteiger partial charge in [0.05, 0.1) is 22.1 Å². The van der Waals surface area contributed by atoms with Crippen molar-refractivity contribution in [2.45, 2.75) is 51.4 Å². The van der Waals surface area contributed by atoms with Crippen molar-refractivity contribution in [3.8, 4) is 22.5 Å². The van der Waals surface area contributed by atoms with Crippen LogP contribution in [-0.2, 0) is 10.8 Å². The average molecular weight is 751 g/mol. The van der Waals surface area contributed by atoms with Crippen molar-refractivity contribution in [3.63, 3.8) is 0 Å². The number of aromatic nitrogens is 2. The number of rotatable bonds is 3. The van der Waals surface area contributed by atoms with Crippen LogP contribution in [0.25, 0.3) is 97.1 Å². The Morgan fingerprint density at radius 2 is 1.00 bits per heavy atom. The molecule has 0 bridgehead atoms. The van der Waals surface area contributed by atoms with Crippen LogP contribution < -0.4 is 0 Å². The molecule has 1 aliphatic carbocycles. The van der Waals surface area contributed by atoms with Crippen LogP contribution >= 0.6 is 11.3 Å². The van der Waals surface area contributed by atoms with Gasteiger partial charge in [-0.2, -0.15) is 0 Å². The molecule has 0 radical (unpaired) electrons. The van der Waals surface area contributed by atoms with E-state index in [2.05, 4.69) is 195 Å². The van der Waals surface area contributed by atoms with E-state index in [9.17, 15) is 0 Å². The summed E-state index contributed by atoms with van der Waals surface area (Å²) in [7, 11) is 0. The molecule has 0 saturated heterocycles. The number of hydrogen-bond donors (Lipinski definition) is 0. The molecule has 3 aromatic heterocycles. The predicted molar refractivity (Wildman–Crippen MR) is 246 cm³/mol. The van der Waals surface area contributed by atoms with Gasteiger partial charge in [0.25, 0.3) is 0 Å². The van der Waals surface area contributed by atoms with Crippen LogP contribution in [0, 0.1) is 0 Å². The third kappa shape index (κ3) is 4.64. The molecule has 0 saturated carbocycles. The molecule has 12 rings (SSSR count). The molecule has 0 atom stereocenters. The van der Waals surface area contributed by atoms with Crippen molar-refractivity contribution in [3.05, 3.63) is 169 Å². The van der Waals surface area contributed by atoms with Gasteiger partial charge < -0.3 is 9.13 Å². The van der Waals surface area contributed by atoms with Gasteiger partial charge >= 0.3 is 0 Å². The van der Waals surface area contributed by atoms with E-state index in [4.69, 9.17) is 0 Å². The van der Waals surface area contributed by atoms with E-state index in [0.717, 1.165) is 0 Å². The molecule has 0 spiro atoms. The summed E-state index contributed by atoms with van der Waals surface area (Å²) in [5, 5.41) is 10.6. The summed E-state index contributed by atoms with van der Waals surface area (Å²) in [4.78, 5) is 0. The third-order valence-electron chi connectivity index (χ3n) is 13.4. The highest BCUT2D eigenvalue weighted by atomic mass is 32.1. The highest BCUT2D eigenvalue weighted by molar-refractivity contribution is 7.25. The maximum absolute atomic E-state index is 2.59. The van der Waals surface area contributed by atoms with Crippen molar-refractivity contribution in [1.29, 1.82) is 0 Å². The third-order valence-corrected chi connectivity index (χ3v) is 14.5. The Balaban J connectivity index is 1.20. The number of benzene rings is 8. The highest BCUT2D eigenvalue weighted by Crippen LogP contribution is 2.51. The Hall–Kier alpha value is -6.16. The number of fused-ring (bicyclic) bond motifs is 13. The van der Waals surface area contributed by atoms with Crippen molar-refractivity contribution in [2.75, 3.05) is 0 Å². The molecule has 8 aromatic carbocycles. The summed E-state index contributed by atoms with van der Waals surface area (Å²) in [5.41, 5.74) is 13.0. The monoisotopic (exact) mass is 750 g/mol. The molecule has 0 unspecified atom stereocenters. The van der Waals surface area contributed by atoms with E-state index in [1.807, 2.05) is 11.3 Å². The second kappa shape index (κ2) is 11.7. The Kier molecular flexibility index (Phi) is 6.77. The molecule has 3 heteroatoms. The van der Waals surface area contributed by atoms with E-state index in [1.165, 1.54) is 121 Å². The number of hydrogen-bond acceptors (Lipinski definition) is 1. The minimum absolute atomic E-state index is 0.0839. The minimum Gasteiger partial charge on any atom is -0.309 e. The van der Waals surface area contributed by atoms with Crippen LogP contribution in [0.5, 0.6) is 0 Å². The van der Waals surface area contributed by atoms with Gasteiger partial charge in [-0.3, -0.25) is 0 Å².